The van der Waals surface area contributed by atoms with Crippen LogP contribution in [0.1, 0.15) is 29.8 Å². The van der Waals surface area contributed by atoms with Crippen molar-refractivity contribution in [2.45, 2.75) is 26.2 Å². The maximum atomic E-state index is 8.93. The van der Waals surface area contributed by atoms with Crippen molar-refractivity contribution in [3.05, 3.63) is 40.2 Å². The van der Waals surface area contributed by atoms with E-state index in [2.05, 4.69) is 48.5 Å². The number of aromatic nitrogens is 1. The first kappa shape index (κ1) is 12.3. The second kappa shape index (κ2) is 5.43. The smallest absolute Gasteiger partial charge is 0.0961 e. The first-order valence-electron chi connectivity index (χ1n) is 5.84. The molecular weight excluding hydrogens is 230 g/mol. The molecule has 1 unspecified atom stereocenters. The highest BCUT2D eigenvalue weighted by molar-refractivity contribution is 7.10. The molecule has 0 saturated heterocycles. The van der Waals surface area contributed by atoms with Crippen molar-refractivity contribution < 1.29 is 5.11 Å². The van der Waals surface area contributed by atoms with Crippen LogP contribution in [-0.4, -0.2) is 16.7 Å². The fourth-order valence-corrected chi connectivity index (χ4v) is 2.61. The topological polar surface area (TPSA) is 33.1 Å². The van der Waals surface area contributed by atoms with E-state index in [1.807, 2.05) is 0 Å². The minimum atomic E-state index is 0.223. The molecule has 0 bridgehead atoms. The molecule has 1 aromatic heterocycles. The number of aryl methyl sites for hydroxylation is 1. The molecule has 3 heteroatoms. The average Bonchev–Trinajstić information content (AvgIpc) is 2.80. The SMILES string of the molecule is Cc1ccc(-c2csc(C(C)CCO)n2)cc1. The Bertz CT molecular complexity index is 475. The van der Waals surface area contributed by atoms with Crippen molar-refractivity contribution in [2.75, 3.05) is 6.61 Å². The van der Waals surface area contributed by atoms with Gasteiger partial charge in [-0.3, -0.25) is 0 Å². The Kier molecular flexibility index (Phi) is 3.92. The van der Waals surface area contributed by atoms with E-state index in [0.717, 1.165) is 22.7 Å². The summed E-state index contributed by atoms with van der Waals surface area (Å²) in [6.07, 6.45) is 0.779. The molecule has 0 aliphatic carbocycles. The summed E-state index contributed by atoms with van der Waals surface area (Å²) >= 11 is 1.67. The molecule has 2 aromatic rings. The highest BCUT2D eigenvalue weighted by Gasteiger charge is 2.10. The second-order valence-electron chi connectivity index (χ2n) is 4.35. The lowest BCUT2D eigenvalue weighted by molar-refractivity contribution is 0.278. The quantitative estimate of drug-likeness (QED) is 0.895. The van der Waals surface area contributed by atoms with Gasteiger partial charge in [0.15, 0.2) is 0 Å². The Morgan fingerprint density at radius 3 is 2.65 bits per heavy atom. The van der Waals surface area contributed by atoms with Gasteiger partial charge in [-0.1, -0.05) is 36.8 Å². The van der Waals surface area contributed by atoms with Crippen LogP contribution < -0.4 is 0 Å². The minimum absolute atomic E-state index is 0.223. The number of rotatable bonds is 4. The van der Waals surface area contributed by atoms with Crippen molar-refractivity contribution in [1.29, 1.82) is 0 Å². The van der Waals surface area contributed by atoms with Gasteiger partial charge in [-0.2, -0.15) is 0 Å². The van der Waals surface area contributed by atoms with Gasteiger partial charge in [0.1, 0.15) is 0 Å². The van der Waals surface area contributed by atoms with E-state index in [9.17, 15) is 0 Å². The fourth-order valence-electron chi connectivity index (χ4n) is 1.69. The van der Waals surface area contributed by atoms with Crippen molar-refractivity contribution in [1.82, 2.24) is 4.98 Å². The molecule has 2 rings (SSSR count). The van der Waals surface area contributed by atoms with Gasteiger partial charge in [0.05, 0.1) is 10.7 Å². The molecule has 1 heterocycles. The molecule has 1 N–H and O–H groups in total. The fraction of sp³-hybridized carbons (Fsp3) is 0.357. The lowest BCUT2D eigenvalue weighted by Crippen LogP contribution is -1.95. The predicted molar refractivity (Wildman–Crippen MR) is 72.4 cm³/mol. The number of thiazole rings is 1. The van der Waals surface area contributed by atoms with Crippen LogP contribution in [0, 0.1) is 6.92 Å². The number of benzene rings is 1. The molecule has 1 atom stereocenters. The highest BCUT2D eigenvalue weighted by atomic mass is 32.1. The molecule has 0 saturated carbocycles. The van der Waals surface area contributed by atoms with Crippen LogP contribution >= 0.6 is 11.3 Å². The van der Waals surface area contributed by atoms with Gasteiger partial charge in [-0.05, 0) is 13.3 Å². The third-order valence-corrected chi connectivity index (χ3v) is 3.93. The lowest BCUT2D eigenvalue weighted by atomic mass is 10.1. The standard InChI is InChI=1S/C14H17NOS/c1-10-3-5-12(6-4-10)13-9-17-14(15-13)11(2)7-8-16/h3-6,9,11,16H,7-8H2,1-2H3. The Balaban J connectivity index is 2.20. The molecule has 90 valence electrons. The van der Waals surface area contributed by atoms with Crippen molar-refractivity contribution >= 4 is 11.3 Å². The summed E-state index contributed by atoms with van der Waals surface area (Å²) in [6.45, 7) is 4.41. The summed E-state index contributed by atoms with van der Waals surface area (Å²) in [5, 5.41) is 12.1. The number of aliphatic hydroxyl groups is 1. The van der Waals surface area contributed by atoms with Gasteiger partial charge in [0.2, 0.25) is 0 Å². The van der Waals surface area contributed by atoms with E-state index >= 15 is 0 Å². The zero-order valence-electron chi connectivity index (χ0n) is 10.2. The summed E-state index contributed by atoms with van der Waals surface area (Å²) in [6, 6.07) is 8.41. The Labute approximate surface area is 106 Å². The molecule has 0 amide bonds. The molecule has 0 spiro atoms. The third-order valence-electron chi connectivity index (χ3n) is 2.85. The first-order chi connectivity index (χ1) is 8.20. The molecule has 17 heavy (non-hydrogen) atoms. The first-order valence-corrected chi connectivity index (χ1v) is 6.72. The van der Waals surface area contributed by atoms with Crippen LogP contribution in [0.5, 0.6) is 0 Å². The van der Waals surface area contributed by atoms with E-state index in [1.165, 1.54) is 5.56 Å². The summed E-state index contributed by atoms with van der Waals surface area (Å²) < 4.78 is 0. The summed E-state index contributed by atoms with van der Waals surface area (Å²) in [4.78, 5) is 4.64. The van der Waals surface area contributed by atoms with Gasteiger partial charge >= 0.3 is 0 Å². The number of aliphatic hydroxyl groups excluding tert-OH is 1. The number of hydrogen-bond acceptors (Lipinski definition) is 3. The van der Waals surface area contributed by atoms with Gasteiger partial charge < -0.3 is 5.11 Å². The minimum Gasteiger partial charge on any atom is -0.396 e. The molecule has 0 aliphatic rings. The van der Waals surface area contributed by atoms with Crippen LogP contribution in [-0.2, 0) is 0 Å². The zero-order chi connectivity index (χ0) is 12.3. The average molecular weight is 247 g/mol. The van der Waals surface area contributed by atoms with Crippen LogP contribution in [0.25, 0.3) is 11.3 Å². The highest BCUT2D eigenvalue weighted by Crippen LogP contribution is 2.27. The van der Waals surface area contributed by atoms with E-state index < -0.39 is 0 Å². The van der Waals surface area contributed by atoms with Gasteiger partial charge in [-0.25, -0.2) is 4.98 Å². The van der Waals surface area contributed by atoms with Crippen molar-refractivity contribution in [2.24, 2.45) is 0 Å². The maximum absolute atomic E-state index is 8.93. The van der Waals surface area contributed by atoms with Crippen LogP contribution in [0.15, 0.2) is 29.6 Å². The van der Waals surface area contributed by atoms with E-state index in [0.29, 0.717) is 5.92 Å². The van der Waals surface area contributed by atoms with Gasteiger partial charge in [-0.15, -0.1) is 11.3 Å². The predicted octanol–water partition coefficient (Wildman–Crippen LogP) is 3.60. The van der Waals surface area contributed by atoms with Gasteiger partial charge in [0.25, 0.3) is 0 Å². The molecule has 0 fully saturated rings. The lowest BCUT2D eigenvalue weighted by Gasteiger charge is -2.04. The van der Waals surface area contributed by atoms with E-state index in [1.54, 1.807) is 11.3 Å². The molecule has 2 nitrogen and oxygen atoms in total. The van der Waals surface area contributed by atoms with Gasteiger partial charge in [0, 0.05) is 23.5 Å². The van der Waals surface area contributed by atoms with E-state index in [-0.39, 0.29) is 6.61 Å². The third kappa shape index (κ3) is 2.93. The van der Waals surface area contributed by atoms with Crippen LogP contribution in [0.3, 0.4) is 0 Å². The van der Waals surface area contributed by atoms with Crippen molar-refractivity contribution in [3.8, 4) is 11.3 Å². The summed E-state index contributed by atoms with van der Waals surface area (Å²) in [7, 11) is 0. The normalized spacial score (nSPS) is 12.6. The molecular formula is C14H17NOS. The molecule has 0 aliphatic heterocycles. The largest absolute Gasteiger partial charge is 0.396 e. The van der Waals surface area contributed by atoms with Crippen LogP contribution in [0.4, 0.5) is 0 Å². The Morgan fingerprint density at radius 1 is 1.29 bits per heavy atom. The summed E-state index contributed by atoms with van der Waals surface area (Å²) in [5.74, 6) is 0.337. The number of nitrogens with zero attached hydrogens (tertiary/aromatic N) is 1. The molecule has 0 radical (unpaired) electrons. The molecule has 1 aromatic carbocycles. The van der Waals surface area contributed by atoms with Crippen molar-refractivity contribution in [3.63, 3.8) is 0 Å². The van der Waals surface area contributed by atoms with Crippen LogP contribution in [0.2, 0.25) is 0 Å². The zero-order valence-corrected chi connectivity index (χ0v) is 11.0. The maximum Gasteiger partial charge on any atom is 0.0961 e. The summed E-state index contributed by atoms with van der Waals surface area (Å²) in [5.41, 5.74) is 3.46. The monoisotopic (exact) mass is 247 g/mol. The Hall–Kier alpha value is -1.19. The van der Waals surface area contributed by atoms with E-state index in [4.69, 9.17) is 5.11 Å². The number of hydrogen-bond donors (Lipinski definition) is 1. The second-order valence-corrected chi connectivity index (χ2v) is 5.24. The Morgan fingerprint density at radius 2 is 2.00 bits per heavy atom.